The molecule has 0 aliphatic carbocycles. The van der Waals surface area contributed by atoms with Crippen molar-refractivity contribution in [1.29, 1.82) is 0 Å². The highest BCUT2D eigenvalue weighted by molar-refractivity contribution is 8.18. The van der Waals surface area contributed by atoms with Crippen molar-refractivity contribution in [2.24, 2.45) is 0 Å². The van der Waals surface area contributed by atoms with Crippen LogP contribution < -0.4 is 9.47 Å². The average Bonchev–Trinajstić information content (AvgIpc) is 3.05. The number of thioether (sulfide) groups is 1. The van der Waals surface area contributed by atoms with Gasteiger partial charge in [-0.3, -0.25) is 29.4 Å². The van der Waals surface area contributed by atoms with Gasteiger partial charge in [0, 0.05) is 12.1 Å². The lowest BCUT2D eigenvalue weighted by atomic mass is 10.1. The van der Waals surface area contributed by atoms with Crippen LogP contribution >= 0.6 is 11.8 Å². The van der Waals surface area contributed by atoms with Crippen molar-refractivity contribution in [2.75, 3.05) is 13.7 Å². The first-order chi connectivity index (χ1) is 16.2. The second-order valence-electron chi connectivity index (χ2n) is 7.43. The second kappa shape index (κ2) is 10.8. The number of nitrogens with zero attached hydrogens (tertiary/aromatic N) is 2. The van der Waals surface area contributed by atoms with Crippen LogP contribution in [-0.4, -0.2) is 46.7 Å². The van der Waals surface area contributed by atoms with E-state index in [9.17, 15) is 24.5 Å². The molecular formula is C23H22N2O8S. The van der Waals surface area contributed by atoms with Gasteiger partial charge >= 0.3 is 5.97 Å². The Bertz CT molecular complexity index is 1160. The summed E-state index contributed by atoms with van der Waals surface area (Å²) in [4.78, 5) is 48.1. The summed E-state index contributed by atoms with van der Waals surface area (Å²) in [6, 6.07) is 11.0. The molecule has 0 radical (unpaired) electrons. The van der Waals surface area contributed by atoms with Gasteiger partial charge in [0.1, 0.15) is 13.2 Å². The Balaban J connectivity index is 1.72. The molecule has 34 heavy (non-hydrogen) atoms. The molecule has 2 amide bonds. The molecular weight excluding hydrogens is 464 g/mol. The minimum atomic E-state index is -0.662. The van der Waals surface area contributed by atoms with Gasteiger partial charge in [-0.2, -0.15) is 0 Å². The summed E-state index contributed by atoms with van der Waals surface area (Å²) in [6.07, 6.45) is 1.17. The molecule has 0 atom stereocenters. The first-order valence-electron chi connectivity index (χ1n) is 10.2. The molecule has 2 aromatic rings. The Morgan fingerprint density at radius 1 is 1.18 bits per heavy atom. The summed E-state index contributed by atoms with van der Waals surface area (Å²) in [7, 11) is 1.45. The standard InChI is InChI=1S/C23H22N2O8S/c1-14(2)33-21(26)12-24-22(27)20(34-23(24)28)11-15-7-8-18(19(10-15)31-3)32-13-16-5-4-6-17(9-16)25(29)30/h4-11,14H,12-13H2,1-3H3/b20-11-. The van der Waals surface area contributed by atoms with Crippen molar-refractivity contribution in [2.45, 2.75) is 26.6 Å². The predicted octanol–water partition coefficient (Wildman–Crippen LogP) is 4.17. The lowest BCUT2D eigenvalue weighted by molar-refractivity contribution is -0.384. The summed E-state index contributed by atoms with van der Waals surface area (Å²) in [5.74, 6) is -0.472. The number of carbonyl (C=O) groups is 3. The maximum Gasteiger partial charge on any atom is 0.326 e. The second-order valence-corrected chi connectivity index (χ2v) is 8.43. The van der Waals surface area contributed by atoms with Crippen LogP contribution in [0.25, 0.3) is 6.08 Å². The molecule has 0 spiro atoms. The predicted molar refractivity (Wildman–Crippen MR) is 124 cm³/mol. The molecule has 1 saturated heterocycles. The number of hydrogen-bond acceptors (Lipinski definition) is 9. The quantitative estimate of drug-likeness (QED) is 0.222. The van der Waals surface area contributed by atoms with Gasteiger partial charge in [0.05, 0.1) is 23.0 Å². The Kier molecular flexibility index (Phi) is 7.90. The van der Waals surface area contributed by atoms with Gasteiger partial charge < -0.3 is 14.2 Å². The zero-order valence-electron chi connectivity index (χ0n) is 18.7. The molecule has 3 rings (SSSR count). The van der Waals surface area contributed by atoms with Crippen molar-refractivity contribution in [3.8, 4) is 11.5 Å². The van der Waals surface area contributed by atoms with Crippen LogP contribution in [0.15, 0.2) is 47.4 Å². The third kappa shape index (κ3) is 6.13. The van der Waals surface area contributed by atoms with Crippen LogP contribution in [0, 0.1) is 10.1 Å². The fraction of sp³-hybridized carbons (Fsp3) is 0.261. The third-order valence-electron chi connectivity index (χ3n) is 4.53. The number of benzene rings is 2. The molecule has 0 unspecified atom stereocenters. The van der Waals surface area contributed by atoms with Gasteiger partial charge in [0.2, 0.25) is 0 Å². The van der Waals surface area contributed by atoms with Crippen LogP contribution in [0.3, 0.4) is 0 Å². The van der Waals surface area contributed by atoms with Gasteiger partial charge in [-0.1, -0.05) is 18.2 Å². The van der Waals surface area contributed by atoms with Crippen LogP contribution in [0.5, 0.6) is 11.5 Å². The van der Waals surface area contributed by atoms with Gasteiger partial charge in [-0.25, -0.2) is 0 Å². The number of esters is 1. The van der Waals surface area contributed by atoms with E-state index in [1.165, 1.54) is 25.3 Å². The summed E-state index contributed by atoms with van der Waals surface area (Å²) in [6.45, 7) is 2.99. The number of nitro benzene ring substituents is 1. The first kappa shape index (κ1) is 24.8. The normalized spacial score (nSPS) is 14.6. The van der Waals surface area contributed by atoms with Crippen molar-refractivity contribution in [3.05, 3.63) is 68.6 Å². The smallest absolute Gasteiger partial charge is 0.326 e. The summed E-state index contributed by atoms with van der Waals surface area (Å²) < 4.78 is 16.1. The lowest BCUT2D eigenvalue weighted by Gasteiger charge is -2.13. The molecule has 1 heterocycles. The SMILES string of the molecule is COc1cc(/C=C2\SC(=O)N(CC(=O)OC(C)C)C2=O)ccc1OCc1cccc([N+](=O)[O-])c1. The first-order valence-corrected chi connectivity index (χ1v) is 11.0. The highest BCUT2D eigenvalue weighted by Gasteiger charge is 2.36. The molecule has 0 bridgehead atoms. The topological polar surface area (TPSA) is 125 Å². The van der Waals surface area contributed by atoms with E-state index in [1.54, 1.807) is 44.2 Å². The van der Waals surface area contributed by atoms with Crippen molar-refractivity contribution in [1.82, 2.24) is 4.90 Å². The Morgan fingerprint density at radius 3 is 2.62 bits per heavy atom. The number of methoxy groups -OCH3 is 1. The van der Waals surface area contributed by atoms with Crippen LogP contribution in [-0.2, 0) is 20.9 Å². The fourth-order valence-electron chi connectivity index (χ4n) is 3.03. The Labute approximate surface area is 199 Å². The lowest BCUT2D eigenvalue weighted by Crippen LogP contribution is -2.35. The van der Waals surface area contributed by atoms with E-state index in [0.717, 1.165) is 16.7 Å². The van der Waals surface area contributed by atoms with Gasteiger partial charge in [0.25, 0.3) is 16.8 Å². The molecule has 11 heteroatoms. The Morgan fingerprint density at radius 2 is 1.94 bits per heavy atom. The Hall–Kier alpha value is -3.86. The average molecular weight is 487 g/mol. The van der Waals surface area contributed by atoms with E-state index in [0.29, 0.717) is 22.6 Å². The third-order valence-corrected chi connectivity index (χ3v) is 5.44. The number of rotatable bonds is 9. The van der Waals surface area contributed by atoms with Crippen LogP contribution in [0.1, 0.15) is 25.0 Å². The fourth-order valence-corrected chi connectivity index (χ4v) is 3.87. The maximum absolute atomic E-state index is 12.6. The summed E-state index contributed by atoms with van der Waals surface area (Å²) >= 11 is 0.730. The molecule has 1 fully saturated rings. The molecule has 2 aromatic carbocycles. The number of nitro groups is 1. The minimum Gasteiger partial charge on any atom is -0.493 e. The zero-order valence-corrected chi connectivity index (χ0v) is 19.5. The number of amides is 2. The van der Waals surface area contributed by atoms with Crippen molar-refractivity contribution < 1.29 is 33.5 Å². The van der Waals surface area contributed by atoms with Gasteiger partial charge in [0.15, 0.2) is 11.5 Å². The highest BCUT2D eigenvalue weighted by Crippen LogP contribution is 2.34. The largest absolute Gasteiger partial charge is 0.493 e. The number of imide groups is 1. The summed E-state index contributed by atoms with van der Waals surface area (Å²) in [5, 5.41) is 10.4. The van der Waals surface area contributed by atoms with E-state index in [-0.39, 0.29) is 23.3 Å². The van der Waals surface area contributed by atoms with Crippen LogP contribution in [0.2, 0.25) is 0 Å². The number of hydrogen-bond donors (Lipinski definition) is 0. The van der Waals surface area contributed by atoms with E-state index in [4.69, 9.17) is 14.2 Å². The molecule has 10 nitrogen and oxygen atoms in total. The van der Waals surface area contributed by atoms with Gasteiger partial charge in [-0.15, -0.1) is 0 Å². The summed E-state index contributed by atoms with van der Waals surface area (Å²) in [5.41, 5.74) is 1.16. The molecule has 1 aliphatic heterocycles. The molecule has 0 saturated carbocycles. The van der Waals surface area contributed by atoms with Gasteiger partial charge in [-0.05, 0) is 54.9 Å². The number of ether oxygens (including phenoxy) is 3. The van der Waals surface area contributed by atoms with Crippen molar-refractivity contribution in [3.63, 3.8) is 0 Å². The monoisotopic (exact) mass is 486 g/mol. The highest BCUT2D eigenvalue weighted by atomic mass is 32.2. The van der Waals surface area contributed by atoms with E-state index < -0.39 is 28.6 Å². The maximum atomic E-state index is 12.6. The molecule has 0 N–H and O–H groups in total. The van der Waals surface area contributed by atoms with Crippen LogP contribution in [0.4, 0.5) is 10.5 Å². The molecule has 178 valence electrons. The molecule has 1 aliphatic rings. The molecule has 0 aromatic heterocycles. The van der Waals surface area contributed by atoms with E-state index in [1.807, 2.05) is 0 Å². The van der Waals surface area contributed by atoms with E-state index in [2.05, 4.69) is 0 Å². The van der Waals surface area contributed by atoms with E-state index >= 15 is 0 Å². The number of carbonyl (C=O) groups excluding carboxylic acids is 3. The minimum absolute atomic E-state index is 0.0326. The number of non-ortho nitro benzene ring substituents is 1. The van der Waals surface area contributed by atoms with Crippen molar-refractivity contribution >= 4 is 40.6 Å². The zero-order chi connectivity index (χ0) is 24.8.